The number of nitrogens with two attached hydrogens (primary N) is 1. The van der Waals surface area contributed by atoms with Gasteiger partial charge in [-0.25, -0.2) is 4.39 Å². The van der Waals surface area contributed by atoms with E-state index >= 15 is 0 Å². The SMILES string of the molecule is C[C@@H](N)C(C)(C)F.Cl. The highest BCUT2D eigenvalue weighted by molar-refractivity contribution is 5.85. The van der Waals surface area contributed by atoms with Crippen LogP contribution in [0.2, 0.25) is 0 Å². The van der Waals surface area contributed by atoms with Gasteiger partial charge in [0.1, 0.15) is 5.67 Å². The Morgan fingerprint density at radius 3 is 1.62 bits per heavy atom. The highest BCUT2D eigenvalue weighted by Crippen LogP contribution is 2.10. The summed E-state index contributed by atoms with van der Waals surface area (Å²) >= 11 is 0. The highest BCUT2D eigenvalue weighted by Gasteiger charge is 2.19. The van der Waals surface area contributed by atoms with Gasteiger partial charge in [0.05, 0.1) is 0 Å². The van der Waals surface area contributed by atoms with Crippen molar-refractivity contribution >= 4 is 12.4 Å². The molecule has 1 atom stereocenters. The molecule has 0 radical (unpaired) electrons. The zero-order valence-corrected chi connectivity index (χ0v) is 6.26. The first-order valence-corrected chi connectivity index (χ1v) is 2.39. The van der Waals surface area contributed by atoms with Crippen LogP contribution in [0, 0.1) is 0 Å². The van der Waals surface area contributed by atoms with Crippen molar-refractivity contribution in [3.8, 4) is 0 Å². The highest BCUT2D eigenvalue weighted by atomic mass is 35.5. The van der Waals surface area contributed by atoms with Gasteiger partial charge >= 0.3 is 0 Å². The largest absolute Gasteiger partial charge is 0.325 e. The molecule has 0 aromatic heterocycles. The molecule has 52 valence electrons. The van der Waals surface area contributed by atoms with E-state index in [2.05, 4.69) is 0 Å². The molecule has 0 rings (SSSR count). The molecular formula is C5H13ClFN. The van der Waals surface area contributed by atoms with Gasteiger partial charge in [-0.3, -0.25) is 0 Å². The number of alkyl halides is 1. The molecule has 0 unspecified atom stereocenters. The number of halogens is 2. The van der Waals surface area contributed by atoms with E-state index < -0.39 is 5.67 Å². The van der Waals surface area contributed by atoms with Crippen molar-refractivity contribution in [2.45, 2.75) is 32.5 Å². The minimum Gasteiger partial charge on any atom is -0.325 e. The van der Waals surface area contributed by atoms with Crippen LogP contribution in [-0.4, -0.2) is 11.7 Å². The van der Waals surface area contributed by atoms with E-state index in [1.807, 2.05) is 0 Å². The van der Waals surface area contributed by atoms with Gasteiger partial charge in [-0.15, -0.1) is 12.4 Å². The second-order valence-corrected chi connectivity index (χ2v) is 2.35. The maximum atomic E-state index is 12.4. The second-order valence-electron chi connectivity index (χ2n) is 2.35. The minimum absolute atomic E-state index is 0. The molecule has 0 bridgehead atoms. The summed E-state index contributed by atoms with van der Waals surface area (Å²) in [5.74, 6) is 0. The molecule has 0 aliphatic rings. The Bertz CT molecular complexity index is 57.9. The zero-order valence-electron chi connectivity index (χ0n) is 5.44. The van der Waals surface area contributed by atoms with Gasteiger partial charge in [-0.05, 0) is 20.8 Å². The molecule has 0 saturated carbocycles. The summed E-state index contributed by atoms with van der Waals surface area (Å²) in [7, 11) is 0. The Morgan fingerprint density at radius 1 is 1.50 bits per heavy atom. The average molecular weight is 142 g/mol. The molecule has 8 heavy (non-hydrogen) atoms. The quantitative estimate of drug-likeness (QED) is 0.589. The lowest BCUT2D eigenvalue weighted by molar-refractivity contribution is 0.182. The van der Waals surface area contributed by atoms with Crippen LogP contribution < -0.4 is 5.73 Å². The third-order valence-corrected chi connectivity index (χ3v) is 1.08. The number of rotatable bonds is 1. The van der Waals surface area contributed by atoms with Crippen LogP contribution in [0.25, 0.3) is 0 Å². The normalized spacial score (nSPS) is 14.6. The lowest BCUT2D eigenvalue weighted by Crippen LogP contribution is -2.36. The molecule has 2 N–H and O–H groups in total. The van der Waals surface area contributed by atoms with Gasteiger partial charge in [0.25, 0.3) is 0 Å². The van der Waals surface area contributed by atoms with Crippen molar-refractivity contribution in [1.82, 2.24) is 0 Å². The Hall–Kier alpha value is 0.180. The standard InChI is InChI=1S/C5H12FN.ClH/c1-4(7)5(2,3)6;/h4H,7H2,1-3H3;1H/t4-;/m1./s1. The van der Waals surface area contributed by atoms with Gasteiger partial charge in [-0.2, -0.15) is 0 Å². The Labute approximate surface area is 55.9 Å². The fraction of sp³-hybridized carbons (Fsp3) is 1.00. The smallest absolute Gasteiger partial charge is 0.120 e. The van der Waals surface area contributed by atoms with Crippen LogP contribution in [0.1, 0.15) is 20.8 Å². The molecule has 0 fully saturated rings. The molecule has 0 aliphatic heterocycles. The zero-order chi connectivity index (χ0) is 6.08. The first-order chi connectivity index (χ1) is 2.94. The molecular weight excluding hydrogens is 129 g/mol. The molecule has 0 saturated heterocycles. The van der Waals surface area contributed by atoms with E-state index in [1.165, 1.54) is 13.8 Å². The van der Waals surface area contributed by atoms with E-state index in [-0.39, 0.29) is 18.4 Å². The topological polar surface area (TPSA) is 26.0 Å². The maximum absolute atomic E-state index is 12.4. The fourth-order valence-corrected chi connectivity index (χ4v) is 0. The number of hydrogen-bond donors (Lipinski definition) is 1. The van der Waals surface area contributed by atoms with Gasteiger partial charge in [0.15, 0.2) is 0 Å². The minimum atomic E-state index is -1.22. The van der Waals surface area contributed by atoms with Crippen molar-refractivity contribution < 1.29 is 4.39 Å². The predicted molar refractivity (Wildman–Crippen MR) is 36.1 cm³/mol. The Kier molecular flexibility index (Phi) is 4.49. The van der Waals surface area contributed by atoms with Crippen LogP contribution in [0.15, 0.2) is 0 Å². The van der Waals surface area contributed by atoms with Crippen molar-refractivity contribution in [1.29, 1.82) is 0 Å². The first kappa shape index (κ1) is 11.0. The van der Waals surface area contributed by atoms with Crippen molar-refractivity contribution in [3.63, 3.8) is 0 Å². The third kappa shape index (κ3) is 4.34. The summed E-state index contributed by atoms with van der Waals surface area (Å²) in [6, 6.07) is -0.368. The Balaban J connectivity index is 0. The van der Waals surface area contributed by atoms with Crippen LogP contribution in [0.5, 0.6) is 0 Å². The summed E-state index contributed by atoms with van der Waals surface area (Å²) in [4.78, 5) is 0. The van der Waals surface area contributed by atoms with Crippen LogP contribution in [0.4, 0.5) is 4.39 Å². The summed E-state index contributed by atoms with van der Waals surface area (Å²) in [5.41, 5.74) is 3.97. The average Bonchev–Trinajstić information content (AvgIpc) is 1.31. The van der Waals surface area contributed by atoms with E-state index in [0.29, 0.717) is 0 Å². The van der Waals surface area contributed by atoms with Crippen LogP contribution >= 0.6 is 12.4 Å². The van der Waals surface area contributed by atoms with Crippen LogP contribution in [-0.2, 0) is 0 Å². The monoisotopic (exact) mass is 141 g/mol. The van der Waals surface area contributed by atoms with Gasteiger partial charge in [0, 0.05) is 6.04 Å². The molecule has 0 heterocycles. The maximum Gasteiger partial charge on any atom is 0.120 e. The van der Waals surface area contributed by atoms with E-state index in [0.717, 1.165) is 0 Å². The summed E-state index contributed by atoms with van der Waals surface area (Å²) in [6.45, 7) is 4.59. The molecule has 0 aliphatic carbocycles. The van der Waals surface area contributed by atoms with E-state index in [9.17, 15) is 4.39 Å². The van der Waals surface area contributed by atoms with E-state index in [1.54, 1.807) is 6.92 Å². The molecule has 3 heteroatoms. The molecule has 1 nitrogen and oxygen atoms in total. The number of hydrogen-bond acceptors (Lipinski definition) is 1. The van der Waals surface area contributed by atoms with E-state index in [4.69, 9.17) is 5.73 Å². The molecule has 0 aromatic carbocycles. The van der Waals surface area contributed by atoms with Gasteiger partial charge < -0.3 is 5.73 Å². The molecule has 0 aromatic rings. The van der Waals surface area contributed by atoms with Crippen molar-refractivity contribution in [3.05, 3.63) is 0 Å². The van der Waals surface area contributed by atoms with Crippen molar-refractivity contribution in [2.24, 2.45) is 5.73 Å². The molecule has 0 spiro atoms. The second kappa shape index (κ2) is 3.25. The summed E-state index contributed by atoms with van der Waals surface area (Å²) < 4.78 is 12.4. The first-order valence-electron chi connectivity index (χ1n) is 2.39. The fourth-order valence-electron chi connectivity index (χ4n) is 0. The van der Waals surface area contributed by atoms with Crippen molar-refractivity contribution in [2.75, 3.05) is 0 Å². The lowest BCUT2D eigenvalue weighted by atomic mass is 10.0. The Morgan fingerprint density at radius 2 is 1.62 bits per heavy atom. The van der Waals surface area contributed by atoms with Gasteiger partial charge in [0.2, 0.25) is 0 Å². The lowest BCUT2D eigenvalue weighted by Gasteiger charge is -2.17. The predicted octanol–water partition coefficient (Wildman–Crippen LogP) is 1.50. The van der Waals surface area contributed by atoms with Crippen LogP contribution in [0.3, 0.4) is 0 Å². The summed E-state index contributed by atoms with van der Waals surface area (Å²) in [5, 5.41) is 0. The molecule has 0 amide bonds. The summed E-state index contributed by atoms with van der Waals surface area (Å²) in [6.07, 6.45) is 0. The van der Waals surface area contributed by atoms with Gasteiger partial charge in [-0.1, -0.05) is 0 Å². The third-order valence-electron chi connectivity index (χ3n) is 1.08.